The van der Waals surface area contributed by atoms with E-state index in [1.165, 1.54) is 22.7 Å². The zero-order valence-corrected chi connectivity index (χ0v) is 17.8. The Kier molecular flexibility index (Phi) is 6.18. The fraction of sp³-hybridized carbons (Fsp3) is 0.412. The van der Waals surface area contributed by atoms with Gasteiger partial charge in [0.1, 0.15) is 5.76 Å². The Balaban J connectivity index is 1.48. The van der Waals surface area contributed by atoms with Crippen LogP contribution in [0.1, 0.15) is 38.1 Å². The van der Waals surface area contributed by atoms with Crippen LogP contribution in [-0.2, 0) is 23.4 Å². The molecule has 27 heavy (non-hydrogen) atoms. The van der Waals surface area contributed by atoms with Gasteiger partial charge in [-0.2, -0.15) is 0 Å². The topological polar surface area (TPSA) is 107 Å². The highest BCUT2D eigenvalue weighted by Crippen LogP contribution is 2.31. The summed E-state index contributed by atoms with van der Waals surface area (Å²) < 4.78 is 6.77. The van der Waals surface area contributed by atoms with Gasteiger partial charge >= 0.3 is 0 Å². The third-order valence-corrected chi connectivity index (χ3v) is 6.10. The summed E-state index contributed by atoms with van der Waals surface area (Å²) in [5.74, 6) is 2.06. The molecule has 0 aliphatic heterocycles. The number of oxazole rings is 1. The van der Waals surface area contributed by atoms with Crippen molar-refractivity contribution in [1.29, 1.82) is 0 Å². The molecule has 1 amide bonds. The van der Waals surface area contributed by atoms with E-state index in [9.17, 15) is 4.79 Å². The number of amides is 1. The predicted octanol–water partition coefficient (Wildman–Crippen LogP) is 4.23. The molecule has 10 heteroatoms. The maximum atomic E-state index is 12.0. The standard InChI is InChI=1S/C17H21N5O2S3/c1-17(2,3)5-11-6-19-13(24-11)9-25-14-7-20-16(27-14)22-12(23)4-10-8-26-15(18)21-10/h6-8H,4-5,9H2,1-3H3,(H2,18,21)(H,20,22,23). The molecule has 0 spiro atoms. The van der Waals surface area contributed by atoms with Gasteiger partial charge in [-0.1, -0.05) is 32.1 Å². The van der Waals surface area contributed by atoms with Crippen LogP contribution in [0.15, 0.2) is 26.4 Å². The largest absolute Gasteiger partial charge is 0.445 e. The first-order valence-electron chi connectivity index (χ1n) is 8.29. The number of rotatable bonds is 7. The molecule has 7 nitrogen and oxygen atoms in total. The Morgan fingerprint density at radius 2 is 2.15 bits per heavy atom. The molecule has 3 rings (SSSR count). The highest BCUT2D eigenvalue weighted by atomic mass is 32.2. The Hall–Kier alpha value is -1.91. The number of hydrogen-bond acceptors (Lipinski definition) is 9. The van der Waals surface area contributed by atoms with Crippen LogP contribution in [0.3, 0.4) is 0 Å². The van der Waals surface area contributed by atoms with Crippen LogP contribution in [0.2, 0.25) is 0 Å². The van der Waals surface area contributed by atoms with Crippen LogP contribution < -0.4 is 11.1 Å². The number of thiazole rings is 2. The normalized spacial score (nSPS) is 11.7. The predicted molar refractivity (Wildman–Crippen MR) is 110 cm³/mol. The highest BCUT2D eigenvalue weighted by Gasteiger charge is 2.15. The average Bonchev–Trinajstić information content (AvgIpc) is 3.26. The van der Waals surface area contributed by atoms with Crippen LogP contribution in [0.25, 0.3) is 0 Å². The summed E-state index contributed by atoms with van der Waals surface area (Å²) in [5.41, 5.74) is 6.40. The zero-order valence-electron chi connectivity index (χ0n) is 15.3. The molecule has 3 aromatic heterocycles. The maximum Gasteiger partial charge on any atom is 0.232 e. The summed E-state index contributed by atoms with van der Waals surface area (Å²) in [5, 5.41) is 5.59. The van der Waals surface area contributed by atoms with Gasteiger partial charge in [0.25, 0.3) is 0 Å². The van der Waals surface area contributed by atoms with Crippen molar-refractivity contribution in [3.63, 3.8) is 0 Å². The lowest BCUT2D eigenvalue weighted by Crippen LogP contribution is -2.14. The van der Waals surface area contributed by atoms with Gasteiger partial charge in [-0.15, -0.1) is 23.1 Å². The lowest BCUT2D eigenvalue weighted by atomic mass is 9.91. The first-order chi connectivity index (χ1) is 12.8. The summed E-state index contributed by atoms with van der Waals surface area (Å²) in [6.07, 6.45) is 4.57. The van der Waals surface area contributed by atoms with E-state index in [-0.39, 0.29) is 17.7 Å². The zero-order chi connectivity index (χ0) is 19.4. The molecule has 3 heterocycles. The van der Waals surface area contributed by atoms with E-state index in [1.54, 1.807) is 29.5 Å². The van der Waals surface area contributed by atoms with Crippen molar-refractivity contribution in [2.24, 2.45) is 5.41 Å². The first kappa shape index (κ1) is 19.8. The van der Waals surface area contributed by atoms with Crippen molar-refractivity contribution >= 4 is 50.6 Å². The molecule has 3 N–H and O–H groups in total. The molecule has 0 saturated heterocycles. The number of carbonyl (C=O) groups excluding carboxylic acids is 1. The first-order valence-corrected chi connectivity index (χ1v) is 11.0. The van der Waals surface area contributed by atoms with Gasteiger partial charge in [0.2, 0.25) is 11.8 Å². The summed E-state index contributed by atoms with van der Waals surface area (Å²) in [4.78, 5) is 24.7. The number of anilines is 2. The summed E-state index contributed by atoms with van der Waals surface area (Å²) >= 11 is 4.32. The lowest BCUT2D eigenvalue weighted by Gasteiger charge is -2.15. The van der Waals surface area contributed by atoms with Gasteiger partial charge in [-0.25, -0.2) is 15.0 Å². The molecule has 0 atom stereocenters. The van der Waals surface area contributed by atoms with Crippen LogP contribution in [0, 0.1) is 5.41 Å². The van der Waals surface area contributed by atoms with Crippen molar-refractivity contribution in [3.8, 4) is 0 Å². The minimum atomic E-state index is -0.161. The molecular formula is C17H21N5O2S3. The van der Waals surface area contributed by atoms with Crippen molar-refractivity contribution in [2.45, 2.75) is 43.6 Å². The summed E-state index contributed by atoms with van der Waals surface area (Å²) in [7, 11) is 0. The van der Waals surface area contributed by atoms with E-state index in [1.807, 2.05) is 0 Å². The van der Waals surface area contributed by atoms with Gasteiger partial charge in [0, 0.05) is 11.8 Å². The molecule has 0 aromatic carbocycles. The molecule has 0 unspecified atom stereocenters. The molecule has 0 radical (unpaired) electrons. The Morgan fingerprint density at radius 1 is 1.33 bits per heavy atom. The second-order valence-electron chi connectivity index (χ2n) is 7.13. The third-order valence-electron chi connectivity index (χ3n) is 3.29. The second-order valence-corrected chi connectivity index (χ2v) is 10.3. The number of nitrogens with zero attached hydrogens (tertiary/aromatic N) is 3. The molecule has 3 aromatic rings. The van der Waals surface area contributed by atoms with Crippen LogP contribution >= 0.6 is 34.4 Å². The van der Waals surface area contributed by atoms with Gasteiger partial charge in [-0.3, -0.25) is 4.79 Å². The minimum absolute atomic E-state index is 0.161. The molecule has 0 saturated carbocycles. The molecule has 0 aliphatic carbocycles. The molecule has 0 bridgehead atoms. The molecule has 0 aliphatic rings. The number of carbonyl (C=O) groups is 1. The van der Waals surface area contributed by atoms with Crippen molar-refractivity contribution in [1.82, 2.24) is 15.0 Å². The van der Waals surface area contributed by atoms with Crippen molar-refractivity contribution in [3.05, 3.63) is 35.1 Å². The van der Waals surface area contributed by atoms with E-state index < -0.39 is 0 Å². The highest BCUT2D eigenvalue weighted by molar-refractivity contribution is 8.00. The Morgan fingerprint density at radius 3 is 2.85 bits per heavy atom. The van der Waals surface area contributed by atoms with Gasteiger partial charge in [0.15, 0.2) is 10.3 Å². The fourth-order valence-corrected chi connectivity index (χ4v) is 4.57. The van der Waals surface area contributed by atoms with E-state index in [4.69, 9.17) is 10.2 Å². The Bertz CT molecular complexity index is 910. The monoisotopic (exact) mass is 423 g/mol. The quantitative estimate of drug-likeness (QED) is 0.548. The van der Waals surface area contributed by atoms with Gasteiger partial charge in [0.05, 0.1) is 34.5 Å². The molecule has 0 fully saturated rings. The van der Waals surface area contributed by atoms with Crippen LogP contribution in [0.5, 0.6) is 0 Å². The van der Waals surface area contributed by atoms with E-state index in [0.29, 0.717) is 27.6 Å². The van der Waals surface area contributed by atoms with E-state index in [2.05, 4.69) is 41.0 Å². The Labute approximate surface area is 169 Å². The van der Waals surface area contributed by atoms with E-state index in [0.717, 1.165) is 16.4 Å². The van der Waals surface area contributed by atoms with Crippen molar-refractivity contribution in [2.75, 3.05) is 11.1 Å². The van der Waals surface area contributed by atoms with Crippen LogP contribution in [0.4, 0.5) is 10.3 Å². The average molecular weight is 424 g/mol. The number of hydrogen-bond donors (Lipinski definition) is 2. The number of nitrogens with two attached hydrogens (primary N) is 1. The summed E-state index contributed by atoms with van der Waals surface area (Å²) in [6.45, 7) is 6.50. The molecular weight excluding hydrogens is 402 g/mol. The number of aromatic nitrogens is 3. The lowest BCUT2D eigenvalue weighted by molar-refractivity contribution is -0.115. The smallest absolute Gasteiger partial charge is 0.232 e. The second kappa shape index (κ2) is 8.41. The van der Waals surface area contributed by atoms with Crippen LogP contribution in [-0.4, -0.2) is 20.9 Å². The number of nitrogen functional groups attached to an aromatic ring is 1. The SMILES string of the molecule is CC(C)(C)Cc1cnc(CSc2cnc(NC(=O)Cc3csc(N)n3)s2)o1. The van der Waals surface area contributed by atoms with Gasteiger partial charge < -0.3 is 15.5 Å². The summed E-state index contributed by atoms with van der Waals surface area (Å²) in [6, 6.07) is 0. The third kappa shape index (κ3) is 6.33. The molecule has 144 valence electrons. The minimum Gasteiger partial charge on any atom is -0.445 e. The van der Waals surface area contributed by atoms with Crippen molar-refractivity contribution < 1.29 is 9.21 Å². The number of nitrogens with one attached hydrogen (secondary N) is 1. The van der Waals surface area contributed by atoms with Gasteiger partial charge in [-0.05, 0) is 5.41 Å². The fourth-order valence-electron chi connectivity index (χ4n) is 2.27. The van der Waals surface area contributed by atoms with E-state index >= 15 is 0 Å². The number of thioether (sulfide) groups is 1. The maximum absolute atomic E-state index is 12.0.